The summed E-state index contributed by atoms with van der Waals surface area (Å²) in [6, 6.07) is 11.8. The van der Waals surface area contributed by atoms with Crippen LogP contribution in [0.5, 0.6) is 0 Å². The quantitative estimate of drug-likeness (QED) is 0.811. The van der Waals surface area contributed by atoms with E-state index in [-0.39, 0.29) is 0 Å². The summed E-state index contributed by atoms with van der Waals surface area (Å²) in [7, 11) is 2.21. The van der Waals surface area contributed by atoms with Gasteiger partial charge in [0.15, 0.2) is 0 Å². The van der Waals surface area contributed by atoms with Gasteiger partial charge in [0.05, 0.1) is 0 Å². The Labute approximate surface area is 129 Å². The van der Waals surface area contributed by atoms with Crippen molar-refractivity contribution < 1.29 is 0 Å². The zero-order chi connectivity index (χ0) is 15.2. The van der Waals surface area contributed by atoms with E-state index in [1.807, 2.05) is 0 Å². The van der Waals surface area contributed by atoms with Crippen LogP contribution in [0.15, 0.2) is 42.5 Å². The van der Waals surface area contributed by atoms with Crippen LogP contribution >= 0.6 is 0 Å². The molecule has 0 amide bonds. The Morgan fingerprint density at radius 3 is 2.67 bits per heavy atom. The molecule has 0 aromatic heterocycles. The lowest BCUT2D eigenvalue weighted by Crippen LogP contribution is -2.47. The van der Waals surface area contributed by atoms with Crippen molar-refractivity contribution in [2.45, 2.75) is 25.9 Å². The zero-order valence-electron chi connectivity index (χ0n) is 13.7. The highest BCUT2D eigenvalue weighted by Crippen LogP contribution is 2.25. The molecule has 1 heterocycles. The molecule has 1 N–H and O–H groups in total. The van der Waals surface area contributed by atoms with Crippen molar-refractivity contribution in [3.05, 3.63) is 48.0 Å². The highest BCUT2D eigenvalue weighted by molar-refractivity contribution is 5.21. The molecule has 21 heavy (non-hydrogen) atoms. The molecule has 1 unspecified atom stereocenters. The highest BCUT2D eigenvalue weighted by Gasteiger charge is 2.26. The van der Waals surface area contributed by atoms with Crippen LogP contribution in [-0.4, -0.2) is 55.6 Å². The fourth-order valence-electron chi connectivity index (χ4n) is 2.83. The summed E-state index contributed by atoms with van der Waals surface area (Å²) in [5, 5.41) is 3.46. The maximum Gasteiger partial charge on any atom is 0.0479 e. The van der Waals surface area contributed by atoms with Crippen LogP contribution in [0.4, 0.5) is 0 Å². The molecule has 1 aliphatic rings. The van der Waals surface area contributed by atoms with E-state index in [0.717, 1.165) is 32.7 Å². The van der Waals surface area contributed by atoms with Crippen molar-refractivity contribution in [3.63, 3.8) is 0 Å². The number of hydrogen-bond donors (Lipinski definition) is 1. The van der Waals surface area contributed by atoms with Gasteiger partial charge in [0.1, 0.15) is 0 Å². The van der Waals surface area contributed by atoms with Crippen LogP contribution in [0.25, 0.3) is 0 Å². The lowest BCUT2D eigenvalue weighted by Gasteiger charge is -2.40. The summed E-state index contributed by atoms with van der Waals surface area (Å²) in [6.45, 7) is 13.8. The molecule has 0 bridgehead atoms. The Morgan fingerprint density at radius 1 is 1.29 bits per heavy atom. The zero-order valence-corrected chi connectivity index (χ0v) is 13.7. The van der Waals surface area contributed by atoms with Gasteiger partial charge in [-0.25, -0.2) is 0 Å². The van der Waals surface area contributed by atoms with Crippen LogP contribution < -0.4 is 5.32 Å². The highest BCUT2D eigenvalue weighted by atomic mass is 15.3. The van der Waals surface area contributed by atoms with Crippen LogP contribution in [0.3, 0.4) is 0 Å². The van der Waals surface area contributed by atoms with E-state index in [9.17, 15) is 0 Å². The van der Waals surface area contributed by atoms with Crippen LogP contribution in [0, 0.1) is 0 Å². The number of benzene rings is 1. The molecule has 0 aliphatic carbocycles. The third-order valence-electron chi connectivity index (χ3n) is 4.07. The van der Waals surface area contributed by atoms with E-state index in [1.165, 1.54) is 11.1 Å². The molecule has 0 radical (unpaired) electrons. The third-order valence-corrected chi connectivity index (χ3v) is 4.07. The minimum atomic E-state index is 0.473. The van der Waals surface area contributed by atoms with Gasteiger partial charge < -0.3 is 10.2 Å². The van der Waals surface area contributed by atoms with Crippen molar-refractivity contribution in [2.75, 3.05) is 39.8 Å². The van der Waals surface area contributed by atoms with Crippen molar-refractivity contribution >= 4 is 0 Å². The molecule has 116 valence electrons. The molecule has 1 saturated heterocycles. The van der Waals surface area contributed by atoms with Crippen LogP contribution in [0.2, 0.25) is 0 Å². The molecular weight excluding hydrogens is 258 g/mol. The van der Waals surface area contributed by atoms with Gasteiger partial charge in [-0.05, 0) is 18.2 Å². The first kappa shape index (κ1) is 16.2. The number of hydrogen-bond acceptors (Lipinski definition) is 3. The average Bonchev–Trinajstić information content (AvgIpc) is 2.48. The molecular formula is C18H29N3. The molecule has 1 aromatic rings. The molecule has 3 heteroatoms. The smallest absolute Gasteiger partial charge is 0.0479 e. The minimum absolute atomic E-state index is 0.473. The minimum Gasteiger partial charge on any atom is -0.311 e. The van der Waals surface area contributed by atoms with Crippen LogP contribution in [-0.2, 0) is 0 Å². The molecule has 2 rings (SSSR count). The summed E-state index contributed by atoms with van der Waals surface area (Å²) < 4.78 is 0. The fraction of sp³-hybridized carbons (Fsp3) is 0.556. The second kappa shape index (κ2) is 7.74. The van der Waals surface area contributed by atoms with Gasteiger partial charge in [-0.2, -0.15) is 0 Å². The largest absolute Gasteiger partial charge is 0.311 e. The summed E-state index contributed by atoms with van der Waals surface area (Å²) in [6.07, 6.45) is 0. The van der Waals surface area contributed by atoms with Gasteiger partial charge in [0.25, 0.3) is 0 Å². The third kappa shape index (κ3) is 4.95. The Morgan fingerprint density at radius 2 is 2.00 bits per heavy atom. The predicted molar refractivity (Wildman–Crippen MR) is 90.5 cm³/mol. The van der Waals surface area contributed by atoms with Gasteiger partial charge in [-0.3, -0.25) is 4.90 Å². The Hall–Kier alpha value is -1.16. The Bertz CT molecular complexity index is 441. The number of nitrogens with zero attached hydrogens (tertiary/aromatic N) is 2. The summed E-state index contributed by atoms with van der Waals surface area (Å²) in [5.41, 5.74) is 2.68. The van der Waals surface area contributed by atoms with Gasteiger partial charge in [-0.1, -0.05) is 50.8 Å². The lowest BCUT2D eigenvalue weighted by molar-refractivity contribution is 0.0982. The van der Waals surface area contributed by atoms with Gasteiger partial charge in [0, 0.05) is 44.8 Å². The molecule has 1 atom stereocenters. The Kier molecular flexibility index (Phi) is 5.97. The maximum atomic E-state index is 4.25. The molecule has 1 aliphatic heterocycles. The van der Waals surface area contributed by atoms with Gasteiger partial charge >= 0.3 is 0 Å². The summed E-state index contributed by atoms with van der Waals surface area (Å²) in [5.74, 6) is 0. The maximum absolute atomic E-state index is 4.25. The number of nitrogens with one attached hydrogen (secondary N) is 1. The summed E-state index contributed by atoms with van der Waals surface area (Å²) >= 11 is 0. The Balaban J connectivity index is 2.00. The van der Waals surface area contributed by atoms with Gasteiger partial charge in [-0.15, -0.1) is 0 Å². The number of rotatable bonds is 6. The lowest BCUT2D eigenvalue weighted by atomic mass is 10.0. The SMILES string of the molecule is C=C(CNC(C)C)CN1CCN(C)CC1c1ccccc1. The average molecular weight is 287 g/mol. The van der Waals surface area contributed by atoms with Crippen molar-refractivity contribution in [1.29, 1.82) is 0 Å². The van der Waals surface area contributed by atoms with Crippen molar-refractivity contribution in [1.82, 2.24) is 15.1 Å². The number of likely N-dealkylation sites (N-methyl/N-ethyl adjacent to an activating group) is 1. The van der Waals surface area contributed by atoms with Crippen LogP contribution in [0.1, 0.15) is 25.5 Å². The topological polar surface area (TPSA) is 18.5 Å². The predicted octanol–water partition coefficient (Wildman–Crippen LogP) is 2.53. The first-order chi connectivity index (χ1) is 10.1. The molecule has 1 fully saturated rings. The molecule has 3 nitrogen and oxygen atoms in total. The van der Waals surface area contributed by atoms with E-state index in [2.05, 4.69) is 72.9 Å². The van der Waals surface area contributed by atoms with Crippen molar-refractivity contribution in [2.24, 2.45) is 0 Å². The molecule has 0 saturated carbocycles. The van der Waals surface area contributed by atoms with E-state index >= 15 is 0 Å². The molecule has 1 aromatic carbocycles. The number of piperazine rings is 1. The normalized spacial score (nSPS) is 20.9. The van der Waals surface area contributed by atoms with E-state index < -0.39 is 0 Å². The summed E-state index contributed by atoms with van der Waals surface area (Å²) in [4.78, 5) is 4.99. The standard InChI is InChI=1S/C18H29N3/c1-15(2)19-12-16(3)13-21-11-10-20(4)14-18(21)17-8-6-5-7-9-17/h5-9,15,18-19H,3,10-14H2,1-2,4H3. The first-order valence-corrected chi connectivity index (χ1v) is 7.94. The second-order valence-electron chi connectivity index (χ2n) is 6.44. The monoisotopic (exact) mass is 287 g/mol. The van der Waals surface area contributed by atoms with Gasteiger partial charge in [0.2, 0.25) is 0 Å². The van der Waals surface area contributed by atoms with E-state index in [0.29, 0.717) is 12.1 Å². The fourth-order valence-corrected chi connectivity index (χ4v) is 2.83. The first-order valence-electron chi connectivity index (χ1n) is 7.94. The van der Waals surface area contributed by atoms with E-state index in [1.54, 1.807) is 0 Å². The van der Waals surface area contributed by atoms with E-state index in [4.69, 9.17) is 0 Å². The van der Waals surface area contributed by atoms with Crippen molar-refractivity contribution in [3.8, 4) is 0 Å². The molecule has 0 spiro atoms. The second-order valence-corrected chi connectivity index (χ2v) is 6.44.